The molecule has 0 unspecified atom stereocenters. The lowest BCUT2D eigenvalue weighted by Crippen LogP contribution is -2.33. The molecule has 4 rings (SSSR count). The summed E-state index contributed by atoms with van der Waals surface area (Å²) < 4.78 is 18.6. The van der Waals surface area contributed by atoms with E-state index >= 15 is 0 Å². The van der Waals surface area contributed by atoms with Crippen LogP contribution in [0.3, 0.4) is 0 Å². The average Bonchev–Trinajstić information content (AvgIpc) is 3.20. The van der Waals surface area contributed by atoms with Gasteiger partial charge in [-0.25, -0.2) is 14.2 Å². The third-order valence-electron chi connectivity index (χ3n) is 4.01. The molecule has 118 valence electrons. The molecule has 1 aliphatic heterocycles. The van der Waals surface area contributed by atoms with Crippen LogP contribution in [0.1, 0.15) is 18.5 Å². The van der Waals surface area contributed by atoms with E-state index in [0.717, 1.165) is 12.8 Å². The molecule has 0 bridgehead atoms. The summed E-state index contributed by atoms with van der Waals surface area (Å²) in [7, 11) is 0. The van der Waals surface area contributed by atoms with Crippen molar-refractivity contribution in [1.82, 2.24) is 14.8 Å². The molecule has 0 atom stereocenters. The van der Waals surface area contributed by atoms with Crippen LogP contribution in [-0.2, 0) is 11.3 Å². The van der Waals surface area contributed by atoms with Crippen molar-refractivity contribution in [2.24, 2.45) is 0 Å². The number of hydrogen-bond acceptors (Lipinski definition) is 4. The molecule has 1 saturated heterocycles. The Kier molecular flexibility index (Phi) is 3.14. The predicted molar refractivity (Wildman–Crippen MR) is 77.6 cm³/mol. The zero-order valence-corrected chi connectivity index (χ0v) is 12.2. The fourth-order valence-corrected chi connectivity index (χ4v) is 2.68. The highest BCUT2D eigenvalue weighted by Gasteiger charge is 2.43. The Morgan fingerprint density at radius 3 is 2.87 bits per heavy atom. The maximum atomic E-state index is 13.2. The summed E-state index contributed by atoms with van der Waals surface area (Å²) in [4.78, 5) is 31.3. The number of carbonyl (C=O) groups excluding carboxylic acids is 2. The molecule has 2 fully saturated rings. The van der Waals surface area contributed by atoms with Crippen LogP contribution in [0.5, 0.6) is 0 Å². The van der Waals surface area contributed by atoms with E-state index in [9.17, 15) is 14.0 Å². The molecule has 7 heteroatoms. The third-order valence-corrected chi connectivity index (χ3v) is 4.01. The number of benzene rings is 1. The molecule has 2 heterocycles. The number of halogens is 1. The van der Waals surface area contributed by atoms with Crippen molar-refractivity contribution in [3.63, 3.8) is 0 Å². The van der Waals surface area contributed by atoms with Gasteiger partial charge in [-0.2, -0.15) is 0 Å². The van der Waals surface area contributed by atoms with Gasteiger partial charge < -0.3 is 9.32 Å². The van der Waals surface area contributed by atoms with E-state index < -0.39 is 0 Å². The molecule has 3 amide bonds. The van der Waals surface area contributed by atoms with E-state index in [1.165, 1.54) is 23.3 Å². The summed E-state index contributed by atoms with van der Waals surface area (Å²) in [5.74, 6) is -0.345. The summed E-state index contributed by atoms with van der Waals surface area (Å²) in [6, 6.07) is 5.83. The van der Waals surface area contributed by atoms with Crippen LogP contribution in [0.4, 0.5) is 9.18 Å². The Labute approximate surface area is 131 Å². The van der Waals surface area contributed by atoms with Gasteiger partial charge in [0.15, 0.2) is 0 Å². The molecule has 6 nitrogen and oxygen atoms in total. The number of rotatable bonds is 4. The number of urea groups is 1. The summed E-state index contributed by atoms with van der Waals surface area (Å²) in [5.41, 5.74) is 0.971. The average molecular weight is 315 g/mol. The first-order chi connectivity index (χ1) is 11.1. The maximum Gasteiger partial charge on any atom is 0.327 e. The molecule has 1 aromatic carbocycles. The van der Waals surface area contributed by atoms with Crippen molar-refractivity contribution in [1.29, 1.82) is 0 Å². The lowest BCUT2D eigenvalue weighted by atomic mass is 10.2. The lowest BCUT2D eigenvalue weighted by molar-refractivity contribution is -0.125. The van der Waals surface area contributed by atoms with Gasteiger partial charge in [-0.3, -0.25) is 9.69 Å². The van der Waals surface area contributed by atoms with Gasteiger partial charge in [0.05, 0.1) is 12.2 Å². The van der Waals surface area contributed by atoms with Crippen LogP contribution in [0, 0.1) is 5.82 Å². The molecule has 1 aromatic heterocycles. The number of oxazole rings is 1. The van der Waals surface area contributed by atoms with E-state index in [0.29, 0.717) is 11.3 Å². The van der Waals surface area contributed by atoms with Crippen molar-refractivity contribution in [2.75, 3.05) is 6.54 Å². The van der Waals surface area contributed by atoms with Crippen molar-refractivity contribution in [2.45, 2.75) is 25.4 Å². The van der Waals surface area contributed by atoms with Crippen LogP contribution in [0.2, 0.25) is 0 Å². The first kappa shape index (κ1) is 13.9. The molecule has 0 radical (unpaired) electrons. The topological polar surface area (TPSA) is 66.7 Å². The minimum atomic E-state index is -0.382. The Balaban J connectivity index is 1.51. The van der Waals surface area contributed by atoms with Crippen LogP contribution in [-0.4, -0.2) is 39.3 Å². The van der Waals surface area contributed by atoms with Crippen molar-refractivity contribution in [3.05, 3.63) is 42.0 Å². The van der Waals surface area contributed by atoms with E-state index in [2.05, 4.69) is 4.98 Å². The number of imide groups is 1. The SMILES string of the molecule is O=C1CN(C2CC2)C(=O)N1Cc1coc(-c2cccc(F)c2)n1. The fourth-order valence-electron chi connectivity index (χ4n) is 2.68. The number of carbonyl (C=O) groups is 2. The van der Waals surface area contributed by atoms with Gasteiger partial charge >= 0.3 is 6.03 Å². The smallest absolute Gasteiger partial charge is 0.327 e. The number of aromatic nitrogens is 1. The van der Waals surface area contributed by atoms with Crippen molar-refractivity contribution < 1.29 is 18.4 Å². The maximum absolute atomic E-state index is 13.2. The van der Waals surface area contributed by atoms with E-state index in [4.69, 9.17) is 4.42 Å². The molecule has 0 spiro atoms. The van der Waals surface area contributed by atoms with Crippen LogP contribution < -0.4 is 0 Å². The highest BCUT2D eigenvalue weighted by Crippen LogP contribution is 2.31. The van der Waals surface area contributed by atoms with Crippen LogP contribution in [0.25, 0.3) is 11.5 Å². The quantitative estimate of drug-likeness (QED) is 0.813. The van der Waals surface area contributed by atoms with Crippen LogP contribution in [0.15, 0.2) is 34.9 Å². The predicted octanol–water partition coefficient (Wildman–Crippen LogP) is 2.41. The second kappa shape index (κ2) is 5.19. The highest BCUT2D eigenvalue weighted by molar-refractivity contribution is 6.02. The van der Waals surface area contributed by atoms with Crippen molar-refractivity contribution >= 4 is 11.9 Å². The molecule has 2 aliphatic rings. The number of nitrogens with zero attached hydrogens (tertiary/aromatic N) is 3. The minimum absolute atomic E-state index is 0.0691. The number of amides is 3. The lowest BCUT2D eigenvalue weighted by Gasteiger charge is -2.15. The molecular weight excluding hydrogens is 301 g/mol. The minimum Gasteiger partial charge on any atom is -0.444 e. The first-order valence-electron chi connectivity index (χ1n) is 7.43. The summed E-state index contributed by atoms with van der Waals surface area (Å²) in [6.07, 6.45) is 3.31. The van der Waals surface area contributed by atoms with Crippen molar-refractivity contribution in [3.8, 4) is 11.5 Å². The Morgan fingerprint density at radius 2 is 2.13 bits per heavy atom. The number of hydrogen-bond donors (Lipinski definition) is 0. The fraction of sp³-hybridized carbons (Fsp3) is 0.312. The zero-order chi connectivity index (χ0) is 16.0. The van der Waals surface area contributed by atoms with Gasteiger partial charge in [0.25, 0.3) is 5.91 Å². The molecule has 0 N–H and O–H groups in total. The second-order valence-electron chi connectivity index (χ2n) is 5.78. The van der Waals surface area contributed by atoms with Gasteiger partial charge in [-0.1, -0.05) is 6.07 Å². The highest BCUT2D eigenvalue weighted by atomic mass is 19.1. The summed E-state index contributed by atoms with van der Waals surface area (Å²) in [5, 5.41) is 0. The van der Waals surface area contributed by atoms with Gasteiger partial charge in [0.1, 0.15) is 18.6 Å². The molecular formula is C16H14FN3O3. The summed E-state index contributed by atoms with van der Waals surface area (Å²) in [6.45, 7) is 0.206. The Bertz CT molecular complexity index is 784. The molecule has 1 aliphatic carbocycles. The van der Waals surface area contributed by atoms with E-state index in [1.807, 2.05) is 0 Å². The van der Waals surface area contributed by atoms with E-state index in [-0.39, 0.29) is 42.8 Å². The monoisotopic (exact) mass is 315 g/mol. The normalized spacial score (nSPS) is 18.1. The summed E-state index contributed by atoms with van der Waals surface area (Å²) >= 11 is 0. The van der Waals surface area contributed by atoms with Crippen LogP contribution >= 0.6 is 0 Å². The van der Waals surface area contributed by atoms with E-state index in [1.54, 1.807) is 17.0 Å². The molecule has 1 saturated carbocycles. The Hall–Kier alpha value is -2.70. The standard InChI is InChI=1S/C16H14FN3O3/c17-11-3-1-2-10(6-11)15-18-12(9-23-15)7-20-14(21)8-19(16(20)22)13-4-5-13/h1-3,6,9,13H,4-5,7-8H2. The first-order valence-corrected chi connectivity index (χ1v) is 7.43. The Morgan fingerprint density at radius 1 is 1.30 bits per heavy atom. The molecule has 23 heavy (non-hydrogen) atoms. The van der Waals surface area contributed by atoms with Gasteiger partial charge in [0, 0.05) is 11.6 Å². The second-order valence-corrected chi connectivity index (χ2v) is 5.78. The van der Waals surface area contributed by atoms with Gasteiger partial charge in [-0.15, -0.1) is 0 Å². The third kappa shape index (κ3) is 2.58. The largest absolute Gasteiger partial charge is 0.444 e. The van der Waals surface area contributed by atoms with Gasteiger partial charge in [-0.05, 0) is 31.0 Å². The molecule has 2 aromatic rings. The van der Waals surface area contributed by atoms with Gasteiger partial charge in [0.2, 0.25) is 5.89 Å². The zero-order valence-electron chi connectivity index (χ0n) is 12.2.